The molecule has 0 saturated carbocycles. The zero-order valence-corrected chi connectivity index (χ0v) is 13.5. The summed E-state index contributed by atoms with van der Waals surface area (Å²) >= 11 is 2.28. The molecule has 19 heavy (non-hydrogen) atoms. The summed E-state index contributed by atoms with van der Waals surface area (Å²) in [5.74, 6) is 0.0676. The van der Waals surface area contributed by atoms with E-state index in [0.717, 1.165) is 30.9 Å². The molecule has 5 heteroatoms. The zero-order chi connectivity index (χ0) is 13.8. The number of aryl methyl sites for hydroxylation is 1. The van der Waals surface area contributed by atoms with E-state index in [1.165, 1.54) is 3.57 Å². The summed E-state index contributed by atoms with van der Waals surface area (Å²) in [5.41, 5.74) is 2.02. The van der Waals surface area contributed by atoms with Crippen molar-refractivity contribution in [1.29, 1.82) is 0 Å². The van der Waals surface area contributed by atoms with Gasteiger partial charge in [0.25, 0.3) is 0 Å². The predicted molar refractivity (Wildman–Crippen MR) is 86.4 cm³/mol. The van der Waals surface area contributed by atoms with Crippen LogP contribution in [0.15, 0.2) is 18.2 Å². The molecule has 0 unspecified atom stereocenters. The van der Waals surface area contributed by atoms with E-state index < -0.39 is 0 Å². The van der Waals surface area contributed by atoms with Crippen molar-refractivity contribution in [3.63, 3.8) is 0 Å². The van der Waals surface area contributed by atoms with Crippen LogP contribution >= 0.6 is 22.6 Å². The van der Waals surface area contributed by atoms with Crippen LogP contribution < -0.4 is 10.6 Å². The smallest absolute Gasteiger partial charge is 0.238 e. The van der Waals surface area contributed by atoms with E-state index in [9.17, 15) is 4.79 Å². The average molecular weight is 373 g/mol. The second kappa shape index (κ2) is 6.67. The van der Waals surface area contributed by atoms with Gasteiger partial charge in [-0.25, -0.2) is 0 Å². The fourth-order valence-electron chi connectivity index (χ4n) is 2.26. The van der Waals surface area contributed by atoms with Gasteiger partial charge >= 0.3 is 0 Å². The lowest BCUT2D eigenvalue weighted by Gasteiger charge is -2.33. The van der Waals surface area contributed by atoms with E-state index in [2.05, 4.69) is 51.1 Å². The van der Waals surface area contributed by atoms with Gasteiger partial charge in [0.15, 0.2) is 0 Å². The predicted octanol–water partition coefficient (Wildman–Crippen LogP) is 1.83. The first kappa shape index (κ1) is 14.7. The molecule has 2 N–H and O–H groups in total. The molecule has 104 valence electrons. The van der Waals surface area contributed by atoms with Crippen molar-refractivity contribution in [1.82, 2.24) is 10.2 Å². The van der Waals surface area contributed by atoms with Crippen LogP contribution in [0.1, 0.15) is 12.5 Å². The molecule has 2 rings (SSSR count). The number of piperazine rings is 1. The van der Waals surface area contributed by atoms with Crippen LogP contribution in [0.2, 0.25) is 0 Å². The van der Waals surface area contributed by atoms with Crippen molar-refractivity contribution in [2.45, 2.75) is 19.9 Å². The van der Waals surface area contributed by atoms with E-state index in [-0.39, 0.29) is 5.91 Å². The Kier molecular flexibility index (Phi) is 5.18. The van der Waals surface area contributed by atoms with Gasteiger partial charge in [0.1, 0.15) is 0 Å². The molecule has 1 aliphatic heterocycles. The molecular weight excluding hydrogens is 353 g/mol. The topological polar surface area (TPSA) is 44.4 Å². The van der Waals surface area contributed by atoms with Gasteiger partial charge in [-0.2, -0.15) is 0 Å². The molecule has 1 fully saturated rings. The van der Waals surface area contributed by atoms with Gasteiger partial charge in [0, 0.05) is 34.9 Å². The fraction of sp³-hybridized carbons (Fsp3) is 0.500. The molecule has 1 aromatic carbocycles. The Morgan fingerprint density at radius 1 is 1.58 bits per heavy atom. The Balaban J connectivity index is 1.93. The molecular formula is C14H20IN3O. The van der Waals surface area contributed by atoms with Gasteiger partial charge in [-0.3, -0.25) is 9.69 Å². The highest BCUT2D eigenvalue weighted by Crippen LogP contribution is 2.17. The van der Waals surface area contributed by atoms with E-state index in [1.54, 1.807) is 0 Å². The van der Waals surface area contributed by atoms with Crippen molar-refractivity contribution in [3.05, 3.63) is 27.3 Å². The van der Waals surface area contributed by atoms with Gasteiger partial charge in [-0.1, -0.05) is 0 Å². The number of nitrogens with one attached hydrogen (secondary N) is 2. The highest BCUT2D eigenvalue weighted by Gasteiger charge is 2.20. The number of halogens is 1. The van der Waals surface area contributed by atoms with Gasteiger partial charge in [0.05, 0.1) is 6.54 Å². The van der Waals surface area contributed by atoms with Gasteiger partial charge in [0.2, 0.25) is 5.91 Å². The molecule has 0 bridgehead atoms. The largest absolute Gasteiger partial charge is 0.325 e. The third-order valence-corrected chi connectivity index (χ3v) is 4.12. The summed E-state index contributed by atoms with van der Waals surface area (Å²) in [4.78, 5) is 14.3. The number of amides is 1. The summed E-state index contributed by atoms with van der Waals surface area (Å²) < 4.78 is 1.18. The molecule has 1 saturated heterocycles. The van der Waals surface area contributed by atoms with Crippen molar-refractivity contribution < 1.29 is 4.79 Å². The Hall–Kier alpha value is -0.660. The van der Waals surface area contributed by atoms with E-state index >= 15 is 0 Å². The quantitative estimate of drug-likeness (QED) is 0.795. The minimum Gasteiger partial charge on any atom is -0.325 e. The molecule has 1 aliphatic rings. The summed E-state index contributed by atoms with van der Waals surface area (Å²) in [6.45, 7) is 7.48. The molecule has 1 aromatic rings. The minimum atomic E-state index is 0.0676. The maximum atomic E-state index is 12.1. The fourth-order valence-corrected chi connectivity index (χ4v) is 2.91. The summed E-state index contributed by atoms with van der Waals surface area (Å²) in [7, 11) is 0. The monoisotopic (exact) mass is 373 g/mol. The van der Waals surface area contributed by atoms with Crippen molar-refractivity contribution in [3.8, 4) is 0 Å². The van der Waals surface area contributed by atoms with Gasteiger partial charge < -0.3 is 10.6 Å². The molecule has 4 nitrogen and oxygen atoms in total. The van der Waals surface area contributed by atoms with Crippen LogP contribution in [0.4, 0.5) is 5.69 Å². The standard InChI is InChI=1S/C14H20IN3O/c1-10-7-12(15)3-4-13(10)17-14(19)9-18-6-5-16-8-11(18)2/h3-4,7,11,16H,5-6,8-9H2,1-2H3,(H,17,19)/t11-/m1/s1. The minimum absolute atomic E-state index is 0.0676. The lowest BCUT2D eigenvalue weighted by Crippen LogP contribution is -2.52. The van der Waals surface area contributed by atoms with Gasteiger partial charge in [-0.05, 0) is 60.2 Å². The van der Waals surface area contributed by atoms with Crippen molar-refractivity contribution in [2.24, 2.45) is 0 Å². The number of nitrogens with zero attached hydrogens (tertiary/aromatic N) is 1. The number of benzene rings is 1. The number of carbonyl (C=O) groups excluding carboxylic acids is 1. The third kappa shape index (κ3) is 4.15. The molecule has 0 spiro atoms. The van der Waals surface area contributed by atoms with E-state index in [4.69, 9.17) is 0 Å². The number of carbonyl (C=O) groups is 1. The Morgan fingerprint density at radius 2 is 2.37 bits per heavy atom. The first-order valence-corrected chi connectivity index (χ1v) is 7.65. The van der Waals surface area contributed by atoms with Gasteiger partial charge in [-0.15, -0.1) is 0 Å². The Bertz CT molecular complexity index is 464. The highest BCUT2D eigenvalue weighted by atomic mass is 127. The lowest BCUT2D eigenvalue weighted by molar-refractivity contribution is -0.118. The number of hydrogen-bond donors (Lipinski definition) is 2. The lowest BCUT2D eigenvalue weighted by atomic mass is 10.2. The van der Waals surface area contributed by atoms with Crippen LogP contribution in [-0.2, 0) is 4.79 Å². The molecule has 1 heterocycles. The molecule has 0 radical (unpaired) electrons. The van der Waals surface area contributed by atoms with Crippen molar-refractivity contribution in [2.75, 3.05) is 31.5 Å². The second-order valence-corrected chi connectivity index (χ2v) is 6.28. The zero-order valence-electron chi connectivity index (χ0n) is 11.4. The van der Waals surface area contributed by atoms with E-state index in [1.807, 2.05) is 19.1 Å². The number of rotatable bonds is 3. The Morgan fingerprint density at radius 3 is 3.05 bits per heavy atom. The first-order valence-electron chi connectivity index (χ1n) is 6.57. The second-order valence-electron chi connectivity index (χ2n) is 5.03. The first-order chi connectivity index (χ1) is 9.06. The number of hydrogen-bond acceptors (Lipinski definition) is 3. The molecule has 0 aromatic heterocycles. The summed E-state index contributed by atoms with van der Waals surface area (Å²) in [5, 5.41) is 6.33. The van der Waals surface area contributed by atoms with E-state index in [0.29, 0.717) is 12.6 Å². The van der Waals surface area contributed by atoms with Crippen LogP contribution in [0.3, 0.4) is 0 Å². The van der Waals surface area contributed by atoms with Crippen LogP contribution in [0.5, 0.6) is 0 Å². The maximum Gasteiger partial charge on any atom is 0.238 e. The summed E-state index contributed by atoms with van der Waals surface area (Å²) in [6.07, 6.45) is 0. The van der Waals surface area contributed by atoms with Crippen molar-refractivity contribution >= 4 is 34.2 Å². The molecule has 0 aliphatic carbocycles. The maximum absolute atomic E-state index is 12.1. The van der Waals surface area contributed by atoms with Crippen LogP contribution in [0, 0.1) is 10.5 Å². The average Bonchev–Trinajstić information content (AvgIpc) is 2.36. The highest BCUT2D eigenvalue weighted by molar-refractivity contribution is 14.1. The molecule has 1 atom stereocenters. The third-order valence-electron chi connectivity index (χ3n) is 3.45. The molecule has 1 amide bonds. The van der Waals surface area contributed by atoms with Crippen LogP contribution in [-0.4, -0.2) is 43.0 Å². The SMILES string of the molecule is Cc1cc(I)ccc1NC(=O)CN1CCNC[C@H]1C. The normalized spacial score (nSPS) is 20.3. The number of anilines is 1. The summed E-state index contributed by atoms with van der Waals surface area (Å²) in [6, 6.07) is 6.47. The Labute approximate surface area is 128 Å². The van der Waals surface area contributed by atoms with Crippen LogP contribution in [0.25, 0.3) is 0 Å².